The van der Waals surface area contributed by atoms with Gasteiger partial charge in [-0.25, -0.2) is 9.97 Å². The van der Waals surface area contributed by atoms with Crippen LogP contribution >= 0.6 is 23.2 Å². The number of fused-ring (bicyclic) bond motifs is 1. The molecule has 0 radical (unpaired) electrons. The molecule has 0 atom stereocenters. The lowest BCUT2D eigenvalue weighted by molar-refractivity contribution is 1.17. The van der Waals surface area contributed by atoms with Crippen LogP contribution in [0.15, 0.2) is 61.1 Å². The lowest BCUT2D eigenvalue weighted by Gasteiger charge is -2.14. The van der Waals surface area contributed by atoms with Gasteiger partial charge in [0.1, 0.15) is 12.0 Å². The van der Waals surface area contributed by atoms with Gasteiger partial charge >= 0.3 is 0 Å². The Hall–Kier alpha value is -3.09. The van der Waals surface area contributed by atoms with E-state index in [4.69, 9.17) is 28.9 Å². The zero-order chi connectivity index (χ0) is 18.8. The summed E-state index contributed by atoms with van der Waals surface area (Å²) >= 11 is 12.2. The molecule has 0 aliphatic heterocycles. The van der Waals surface area contributed by atoms with Crippen molar-refractivity contribution in [3.63, 3.8) is 0 Å². The second kappa shape index (κ2) is 7.26. The SMILES string of the molecule is Nc1c(Nc2cc(Cl)ccc2Cl)ncnc1Nc1cccc2ncccc12. The van der Waals surface area contributed by atoms with E-state index in [1.165, 1.54) is 6.33 Å². The minimum Gasteiger partial charge on any atom is -0.393 e. The number of rotatable bonds is 4. The van der Waals surface area contributed by atoms with Crippen LogP contribution in [0, 0.1) is 0 Å². The van der Waals surface area contributed by atoms with Crippen molar-refractivity contribution in [3.05, 3.63) is 71.1 Å². The standard InChI is InChI=1S/C19H14Cl2N6/c20-11-6-7-13(21)16(9-11)27-19-17(22)18(24-10-25-19)26-15-5-1-4-14-12(15)3-2-8-23-14/h1-10H,22H2,(H2,24,25,26,27). The lowest BCUT2D eigenvalue weighted by Crippen LogP contribution is -2.05. The maximum absolute atomic E-state index is 6.27. The third-order valence-corrected chi connectivity index (χ3v) is 4.53. The van der Waals surface area contributed by atoms with E-state index in [2.05, 4.69) is 25.6 Å². The molecule has 134 valence electrons. The van der Waals surface area contributed by atoms with Crippen LogP contribution in [-0.2, 0) is 0 Å². The highest BCUT2D eigenvalue weighted by Gasteiger charge is 2.12. The van der Waals surface area contributed by atoms with E-state index in [0.29, 0.717) is 33.1 Å². The summed E-state index contributed by atoms with van der Waals surface area (Å²) in [5.74, 6) is 0.900. The zero-order valence-corrected chi connectivity index (χ0v) is 15.5. The second-order valence-electron chi connectivity index (χ2n) is 5.73. The van der Waals surface area contributed by atoms with Crippen LogP contribution < -0.4 is 16.4 Å². The molecule has 0 saturated heterocycles. The topological polar surface area (TPSA) is 88.8 Å². The molecule has 27 heavy (non-hydrogen) atoms. The normalized spacial score (nSPS) is 10.7. The summed E-state index contributed by atoms with van der Waals surface area (Å²) in [7, 11) is 0. The summed E-state index contributed by atoms with van der Waals surface area (Å²) in [6.45, 7) is 0. The number of nitrogens with two attached hydrogens (primary N) is 1. The van der Waals surface area contributed by atoms with Gasteiger partial charge in [-0.15, -0.1) is 0 Å². The summed E-state index contributed by atoms with van der Waals surface area (Å²) in [5.41, 5.74) is 8.95. The molecule has 0 bridgehead atoms. The van der Waals surface area contributed by atoms with Crippen LogP contribution in [0.1, 0.15) is 0 Å². The number of nitrogens with one attached hydrogen (secondary N) is 2. The second-order valence-corrected chi connectivity index (χ2v) is 6.58. The Labute approximate surface area is 165 Å². The molecule has 0 spiro atoms. The average Bonchev–Trinajstić information content (AvgIpc) is 2.68. The van der Waals surface area contributed by atoms with Crippen LogP contribution in [0.2, 0.25) is 10.0 Å². The molecule has 4 rings (SSSR count). The van der Waals surface area contributed by atoms with E-state index in [9.17, 15) is 0 Å². The Morgan fingerprint density at radius 1 is 0.815 bits per heavy atom. The smallest absolute Gasteiger partial charge is 0.159 e. The molecular formula is C19H14Cl2N6. The molecule has 6 nitrogen and oxygen atoms in total. The minimum absolute atomic E-state index is 0.356. The van der Waals surface area contributed by atoms with Gasteiger partial charge in [0, 0.05) is 22.3 Å². The predicted octanol–water partition coefficient (Wildman–Crippen LogP) is 5.40. The highest BCUT2D eigenvalue weighted by molar-refractivity contribution is 6.35. The maximum Gasteiger partial charge on any atom is 0.159 e. The zero-order valence-electron chi connectivity index (χ0n) is 13.9. The van der Waals surface area contributed by atoms with Crippen LogP contribution in [0.4, 0.5) is 28.7 Å². The molecule has 0 fully saturated rings. The van der Waals surface area contributed by atoms with Gasteiger partial charge in [0.2, 0.25) is 0 Å². The van der Waals surface area contributed by atoms with Gasteiger partial charge in [-0.1, -0.05) is 29.3 Å². The summed E-state index contributed by atoms with van der Waals surface area (Å²) in [5, 5.41) is 8.37. The number of anilines is 5. The fourth-order valence-electron chi connectivity index (χ4n) is 2.66. The number of pyridine rings is 1. The molecule has 0 unspecified atom stereocenters. The Kier molecular flexibility index (Phi) is 4.66. The van der Waals surface area contributed by atoms with E-state index in [-0.39, 0.29) is 0 Å². The monoisotopic (exact) mass is 396 g/mol. The minimum atomic E-state index is 0.356. The average molecular weight is 397 g/mol. The molecule has 2 aromatic heterocycles. The van der Waals surface area contributed by atoms with Crippen molar-refractivity contribution in [2.75, 3.05) is 16.4 Å². The molecule has 8 heteroatoms. The van der Waals surface area contributed by atoms with Crippen molar-refractivity contribution in [1.82, 2.24) is 15.0 Å². The van der Waals surface area contributed by atoms with Crippen molar-refractivity contribution in [2.45, 2.75) is 0 Å². The van der Waals surface area contributed by atoms with Crippen molar-refractivity contribution >= 4 is 62.8 Å². The Balaban J connectivity index is 1.69. The predicted molar refractivity (Wildman–Crippen MR) is 111 cm³/mol. The molecule has 2 heterocycles. The fourth-order valence-corrected chi connectivity index (χ4v) is 2.99. The molecule has 2 aromatic carbocycles. The van der Waals surface area contributed by atoms with E-state index < -0.39 is 0 Å². The fraction of sp³-hybridized carbons (Fsp3) is 0. The van der Waals surface area contributed by atoms with Crippen molar-refractivity contribution in [3.8, 4) is 0 Å². The summed E-state index contributed by atoms with van der Waals surface area (Å²) in [6, 6.07) is 14.8. The van der Waals surface area contributed by atoms with Crippen molar-refractivity contribution < 1.29 is 0 Å². The number of nitrogens with zero attached hydrogens (tertiary/aromatic N) is 3. The molecule has 0 saturated carbocycles. The molecule has 0 aliphatic rings. The number of benzene rings is 2. The lowest BCUT2D eigenvalue weighted by atomic mass is 10.2. The first-order valence-corrected chi connectivity index (χ1v) is 8.81. The molecular weight excluding hydrogens is 383 g/mol. The number of nitrogen functional groups attached to an aromatic ring is 1. The number of halogens is 2. The maximum atomic E-state index is 6.27. The first-order chi connectivity index (χ1) is 13.1. The Bertz CT molecular complexity index is 1130. The van der Waals surface area contributed by atoms with Crippen LogP contribution in [0.25, 0.3) is 10.9 Å². The quantitative estimate of drug-likeness (QED) is 0.427. The number of aromatic nitrogens is 3. The third kappa shape index (κ3) is 3.58. The Morgan fingerprint density at radius 3 is 2.41 bits per heavy atom. The first kappa shape index (κ1) is 17.3. The molecule has 4 N–H and O–H groups in total. The summed E-state index contributed by atoms with van der Waals surface area (Å²) in [4.78, 5) is 12.8. The molecule has 0 amide bonds. The largest absolute Gasteiger partial charge is 0.393 e. The highest BCUT2D eigenvalue weighted by Crippen LogP contribution is 2.33. The van der Waals surface area contributed by atoms with Crippen LogP contribution in [0.5, 0.6) is 0 Å². The van der Waals surface area contributed by atoms with Crippen LogP contribution in [0.3, 0.4) is 0 Å². The van der Waals surface area contributed by atoms with Gasteiger partial charge in [0.05, 0.1) is 16.2 Å². The van der Waals surface area contributed by atoms with Gasteiger partial charge < -0.3 is 16.4 Å². The highest BCUT2D eigenvalue weighted by atomic mass is 35.5. The first-order valence-electron chi connectivity index (χ1n) is 8.05. The van der Waals surface area contributed by atoms with Crippen molar-refractivity contribution in [1.29, 1.82) is 0 Å². The van der Waals surface area contributed by atoms with E-state index in [0.717, 1.165) is 16.6 Å². The summed E-state index contributed by atoms with van der Waals surface area (Å²) in [6.07, 6.45) is 3.17. The molecule has 4 aromatic rings. The molecule has 0 aliphatic carbocycles. The number of hydrogen-bond donors (Lipinski definition) is 3. The van der Waals surface area contributed by atoms with E-state index in [1.54, 1.807) is 24.4 Å². The van der Waals surface area contributed by atoms with Gasteiger partial charge in [-0.2, -0.15) is 0 Å². The van der Waals surface area contributed by atoms with Gasteiger partial charge in [-0.05, 0) is 42.5 Å². The van der Waals surface area contributed by atoms with E-state index >= 15 is 0 Å². The Morgan fingerprint density at radius 2 is 1.59 bits per heavy atom. The van der Waals surface area contributed by atoms with Crippen LogP contribution in [-0.4, -0.2) is 15.0 Å². The van der Waals surface area contributed by atoms with E-state index in [1.807, 2.05) is 30.3 Å². The van der Waals surface area contributed by atoms with Crippen molar-refractivity contribution in [2.24, 2.45) is 0 Å². The third-order valence-electron chi connectivity index (χ3n) is 3.96. The number of hydrogen-bond acceptors (Lipinski definition) is 6. The van der Waals surface area contributed by atoms with Gasteiger partial charge in [0.15, 0.2) is 11.6 Å². The summed E-state index contributed by atoms with van der Waals surface area (Å²) < 4.78 is 0. The van der Waals surface area contributed by atoms with Gasteiger partial charge in [-0.3, -0.25) is 4.98 Å². The van der Waals surface area contributed by atoms with Gasteiger partial charge in [0.25, 0.3) is 0 Å².